The third-order valence-corrected chi connectivity index (χ3v) is 11.3. The smallest absolute Gasteiger partial charge is 0.311 e. The van der Waals surface area contributed by atoms with Crippen molar-refractivity contribution in [2.75, 3.05) is 0 Å². The van der Waals surface area contributed by atoms with Crippen LogP contribution in [0.3, 0.4) is 0 Å². The molecule has 15 unspecified atom stereocenters. The number of Topliss-reactive ketones (excluding diaryl/α,β-unsaturated/α-hetero) is 2. The van der Waals surface area contributed by atoms with Crippen molar-refractivity contribution < 1.29 is 84.5 Å². The van der Waals surface area contributed by atoms with Crippen molar-refractivity contribution in [1.82, 2.24) is 0 Å². The predicted octanol–water partition coefficient (Wildman–Crippen LogP) is 0.763. The average molecular weight is 922 g/mol. The van der Waals surface area contributed by atoms with Crippen molar-refractivity contribution in [3.63, 3.8) is 0 Å². The van der Waals surface area contributed by atoms with Gasteiger partial charge in [-0.2, -0.15) is 0 Å². The number of allylic oxidation sites excluding steroid dienone is 12. The van der Waals surface area contributed by atoms with Gasteiger partial charge in [-0.25, -0.2) is 0 Å². The number of carbonyl (C=O) groups excluding carboxylic acids is 3. The molecule has 0 saturated carbocycles. The largest absolute Gasteiger partial charge is 0.481 e. The number of rotatable bonds is 3. The van der Waals surface area contributed by atoms with Crippen LogP contribution >= 0.6 is 0 Å². The first-order valence-corrected chi connectivity index (χ1v) is 22.0. The Morgan fingerprint density at radius 2 is 1.12 bits per heavy atom. The van der Waals surface area contributed by atoms with Gasteiger partial charge in [0.1, 0.15) is 29.7 Å². The summed E-state index contributed by atoms with van der Waals surface area (Å²) < 4.78 is 16.9. The molecule has 2 aliphatic heterocycles. The monoisotopic (exact) mass is 921 g/mol. The molecule has 0 aliphatic carbocycles. The lowest BCUT2D eigenvalue weighted by Gasteiger charge is -2.41. The summed E-state index contributed by atoms with van der Waals surface area (Å²) in [6.45, 7) is 6.66. The van der Waals surface area contributed by atoms with E-state index in [9.17, 15) is 70.2 Å². The van der Waals surface area contributed by atoms with E-state index in [0.717, 1.165) is 0 Å². The topological polar surface area (TPSA) is 324 Å². The number of nitrogens with two attached hydrogens (primary N) is 1. The second-order valence-corrected chi connectivity index (χ2v) is 16.9. The second kappa shape index (κ2) is 29.6. The van der Waals surface area contributed by atoms with Crippen molar-refractivity contribution in [2.24, 2.45) is 23.5 Å². The number of aliphatic hydroxyl groups excluding tert-OH is 9. The highest BCUT2D eigenvalue weighted by molar-refractivity contribution is 5.81. The Kier molecular flexibility index (Phi) is 26.0. The van der Waals surface area contributed by atoms with Gasteiger partial charge < -0.3 is 71.0 Å². The Morgan fingerprint density at radius 3 is 1.69 bits per heavy atom. The first-order valence-electron chi connectivity index (χ1n) is 22.0. The Hall–Kier alpha value is -4.02. The maximum atomic E-state index is 12.9. The lowest BCUT2D eigenvalue weighted by atomic mass is 9.88. The zero-order valence-electron chi connectivity index (χ0n) is 37.5. The third kappa shape index (κ3) is 21.0. The first-order chi connectivity index (χ1) is 30.6. The first kappa shape index (κ1) is 57.1. The van der Waals surface area contributed by atoms with Gasteiger partial charge in [-0.05, 0) is 20.3 Å². The zero-order valence-corrected chi connectivity index (χ0v) is 37.5. The summed E-state index contributed by atoms with van der Waals surface area (Å²) in [6.07, 6.45) is 2.25. The minimum absolute atomic E-state index is 0.302. The average Bonchev–Trinajstić information content (AvgIpc) is 3.22. The molecule has 2 rings (SSSR count). The molecule has 2 heterocycles. The summed E-state index contributed by atoms with van der Waals surface area (Å²) in [4.78, 5) is 50.3. The number of aliphatic carboxylic acids is 1. The number of hydrogen-bond acceptors (Lipinski definition) is 17. The fourth-order valence-corrected chi connectivity index (χ4v) is 7.16. The molecule has 2 aliphatic rings. The Balaban J connectivity index is 2.29. The molecule has 0 bridgehead atoms. The molecule has 1 fully saturated rings. The number of hydrogen-bond donors (Lipinski definition) is 11. The van der Waals surface area contributed by atoms with Gasteiger partial charge in [-0.1, -0.05) is 98.9 Å². The Labute approximate surface area is 380 Å². The van der Waals surface area contributed by atoms with Crippen molar-refractivity contribution in [2.45, 2.75) is 165 Å². The van der Waals surface area contributed by atoms with Gasteiger partial charge in [0.05, 0.1) is 73.5 Å². The van der Waals surface area contributed by atoms with Crippen LogP contribution in [-0.2, 0) is 33.4 Å². The molecule has 0 amide bonds. The lowest BCUT2D eigenvalue weighted by Crippen LogP contribution is -2.61. The van der Waals surface area contributed by atoms with E-state index < -0.39 is 153 Å². The Morgan fingerprint density at radius 1 is 0.600 bits per heavy atom. The van der Waals surface area contributed by atoms with Gasteiger partial charge in [0.2, 0.25) is 0 Å². The lowest BCUT2D eigenvalue weighted by molar-refractivity contribution is -0.277. The van der Waals surface area contributed by atoms with Crippen molar-refractivity contribution in [3.8, 4) is 0 Å². The van der Waals surface area contributed by atoms with E-state index in [4.69, 9.17) is 19.9 Å². The molecule has 65 heavy (non-hydrogen) atoms. The molecule has 0 aromatic carbocycles. The number of ketones is 2. The van der Waals surface area contributed by atoms with Crippen molar-refractivity contribution in [1.29, 1.82) is 0 Å². The fourth-order valence-electron chi connectivity index (χ4n) is 7.16. The number of esters is 1. The van der Waals surface area contributed by atoms with Gasteiger partial charge in [0.25, 0.3) is 0 Å². The summed E-state index contributed by atoms with van der Waals surface area (Å²) in [5.41, 5.74) is 5.95. The summed E-state index contributed by atoms with van der Waals surface area (Å²) in [5.74, 6) is -6.58. The molecule has 0 radical (unpaired) electrons. The minimum atomic E-state index is -1.97. The summed E-state index contributed by atoms with van der Waals surface area (Å²) in [7, 11) is 0. The molecule has 0 aromatic heterocycles. The molecule has 18 nitrogen and oxygen atoms in total. The van der Waals surface area contributed by atoms with E-state index in [1.165, 1.54) is 19.1 Å². The maximum absolute atomic E-state index is 12.9. The SMILES string of the molecule is CC1/C=C/C=C/C=C/C=C/C=C/C=C/C=C/C(O[C@@H]2O[C@H](C)C(O)C(N)C2O)CC(O)C(C(=O)O)C(O)CC(=O)CC(O)C(O)CCC(=O)CC(O)CC(O)CC(=O)OC(C)C(C)C1O. The minimum Gasteiger partial charge on any atom is -0.481 e. The van der Waals surface area contributed by atoms with Crippen LogP contribution in [0.15, 0.2) is 85.1 Å². The van der Waals surface area contributed by atoms with Gasteiger partial charge >= 0.3 is 11.9 Å². The van der Waals surface area contributed by atoms with Gasteiger partial charge in [0.15, 0.2) is 6.29 Å². The fraction of sp³-hybridized carbons (Fsp3) is 0.617. The normalized spacial score (nSPS) is 41.6. The van der Waals surface area contributed by atoms with Crippen molar-refractivity contribution in [3.05, 3.63) is 85.1 Å². The molecular formula is C47H71NO17. The molecule has 18 heteroatoms. The maximum Gasteiger partial charge on any atom is 0.311 e. The number of carboxylic acid groups (broad SMARTS) is 1. The molecule has 1 saturated heterocycles. The highest BCUT2D eigenvalue weighted by Gasteiger charge is 2.43. The van der Waals surface area contributed by atoms with E-state index >= 15 is 0 Å². The van der Waals surface area contributed by atoms with Crippen LogP contribution in [0.5, 0.6) is 0 Å². The van der Waals surface area contributed by atoms with Crippen LogP contribution in [0.1, 0.15) is 79.1 Å². The van der Waals surface area contributed by atoms with Gasteiger partial charge in [-0.15, -0.1) is 0 Å². The van der Waals surface area contributed by atoms with E-state index in [0.29, 0.717) is 0 Å². The predicted molar refractivity (Wildman–Crippen MR) is 237 cm³/mol. The van der Waals surface area contributed by atoms with Crippen LogP contribution in [0, 0.1) is 17.8 Å². The van der Waals surface area contributed by atoms with Crippen LogP contribution < -0.4 is 5.73 Å². The molecule has 17 atom stereocenters. The number of aliphatic hydroxyl groups is 9. The molecule has 0 aromatic rings. The zero-order chi connectivity index (χ0) is 48.8. The Bertz CT molecular complexity index is 1690. The molecule has 12 N–H and O–H groups in total. The highest BCUT2D eigenvalue weighted by atomic mass is 16.7. The van der Waals surface area contributed by atoms with Crippen LogP contribution in [-0.4, -0.2) is 160 Å². The number of carbonyl (C=O) groups is 4. The van der Waals surface area contributed by atoms with Gasteiger partial charge in [0, 0.05) is 50.4 Å². The van der Waals surface area contributed by atoms with Crippen LogP contribution in [0.2, 0.25) is 0 Å². The van der Waals surface area contributed by atoms with E-state index in [2.05, 4.69) is 0 Å². The van der Waals surface area contributed by atoms with E-state index in [1.807, 2.05) is 6.92 Å². The molecule has 366 valence electrons. The van der Waals surface area contributed by atoms with Crippen LogP contribution in [0.25, 0.3) is 0 Å². The van der Waals surface area contributed by atoms with Crippen LogP contribution in [0.4, 0.5) is 0 Å². The summed E-state index contributed by atoms with van der Waals surface area (Å²) >= 11 is 0. The summed E-state index contributed by atoms with van der Waals surface area (Å²) in [5, 5.41) is 106. The van der Waals surface area contributed by atoms with E-state index in [-0.39, 0.29) is 25.2 Å². The third-order valence-electron chi connectivity index (χ3n) is 11.3. The highest BCUT2D eigenvalue weighted by Crippen LogP contribution is 2.26. The summed E-state index contributed by atoms with van der Waals surface area (Å²) in [6, 6.07) is -1.16. The number of ether oxygens (including phenoxy) is 3. The quantitative estimate of drug-likeness (QED) is 0.174. The molecule has 0 spiro atoms. The number of carboxylic acids is 1. The van der Waals surface area contributed by atoms with Crippen molar-refractivity contribution >= 4 is 23.5 Å². The second-order valence-electron chi connectivity index (χ2n) is 16.9. The molecular weight excluding hydrogens is 851 g/mol. The number of cyclic esters (lactones) is 1. The van der Waals surface area contributed by atoms with E-state index in [1.54, 1.807) is 86.8 Å². The van der Waals surface area contributed by atoms with Gasteiger partial charge in [-0.3, -0.25) is 19.2 Å². The standard InChI is InChI=1S/C47H71NO17/c1-27-17-15-13-11-9-7-5-6-8-10-12-14-16-18-35(65-47-45(60)42(48)44(59)30(4)64-47)26-39(56)41(46(61)62)38(55)24-34(52)23-37(54)36(53)20-19-31(49)21-32(50)22-33(51)25-40(57)63-29(3)28(2)43(27)58/h5-18,27-30,32-33,35-39,41-45,47,50-51,53-56,58-60H,19-26,48H2,1-4H3,(H,61,62)/b6-5+,9-7+,10-8+,13-11+,14-12+,17-15+,18-16+/t27?,28?,29?,30-,32?,33?,35?,36?,37?,38?,39?,41?,42?,43?,44?,45?,47+/m1/s1.